The van der Waals surface area contributed by atoms with Gasteiger partial charge in [0.15, 0.2) is 0 Å². The van der Waals surface area contributed by atoms with Crippen molar-refractivity contribution >= 4 is 23.5 Å². The van der Waals surface area contributed by atoms with Crippen LogP contribution < -0.4 is 0 Å². The molecule has 0 bridgehead atoms. The average molecular weight is 402 g/mol. The minimum absolute atomic E-state index is 0.0255. The molecule has 1 amide bonds. The van der Waals surface area contributed by atoms with Gasteiger partial charge in [0.2, 0.25) is 0 Å². The second-order valence-electron chi connectivity index (χ2n) is 7.31. The largest absolute Gasteiger partial charge is 0.481 e. The molecule has 0 radical (unpaired) electrons. The second-order valence-corrected chi connectivity index (χ2v) is 7.72. The average Bonchev–Trinajstić information content (AvgIpc) is 2.70. The molecule has 0 aromatic heterocycles. The van der Waals surface area contributed by atoms with E-state index in [0.29, 0.717) is 30.0 Å². The van der Waals surface area contributed by atoms with Crippen molar-refractivity contribution in [3.05, 3.63) is 70.7 Å². The Balaban J connectivity index is 1.76. The number of likely N-dealkylation sites (tertiary alicyclic amines) is 1. The van der Waals surface area contributed by atoms with Gasteiger partial charge in [0.05, 0.1) is 16.7 Å². The van der Waals surface area contributed by atoms with Crippen molar-refractivity contribution in [2.24, 2.45) is 5.41 Å². The standard InChI is InChI=1S/C22H24ClNO4/c23-18-11-5-4-10-17(18)20(26)24-14-12-19(25)22(15-24,21(27)28)13-6-9-16-7-2-1-3-8-16/h1-5,7-8,10-11,19,25H,6,9,12-15H2,(H,27,28)/t19-,22-/m1/s1. The number of nitrogens with zero attached hydrogens (tertiary/aromatic N) is 1. The predicted octanol–water partition coefficient (Wildman–Crippen LogP) is 3.64. The van der Waals surface area contributed by atoms with Crippen molar-refractivity contribution < 1.29 is 19.8 Å². The molecule has 2 aromatic carbocycles. The van der Waals surface area contributed by atoms with Crippen LogP contribution in [0.1, 0.15) is 35.2 Å². The fourth-order valence-corrected chi connectivity index (χ4v) is 4.09. The highest BCUT2D eigenvalue weighted by molar-refractivity contribution is 6.33. The number of aliphatic carboxylic acids is 1. The zero-order valence-electron chi connectivity index (χ0n) is 15.6. The molecule has 2 aromatic rings. The Morgan fingerprint density at radius 1 is 1.11 bits per heavy atom. The van der Waals surface area contributed by atoms with Crippen LogP contribution in [-0.4, -0.2) is 46.2 Å². The highest BCUT2D eigenvalue weighted by Gasteiger charge is 2.49. The molecule has 2 atom stereocenters. The predicted molar refractivity (Wildman–Crippen MR) is 107 cm³/mol. The van der Waals surface area contributed by atoms with Gasteiger partial charge in [0, 0.05) is 13.1 Å². The zero-order chi connectivity index (χ0) is 20.1. The van der Waals surface area contributed by atoms with Crippen LogP contribution in [0, 0.1) is 5.41 Å². The van der Waals surface area contributed by atoms with E-state index in [2.05, 4.69) is 0 Å². The molecule has 28 heavy (non-hydrogen) atoms. The van der Waals surface area contributed by atoms with Gasteiger partial charge in [-0.3, -0.25) is 9.59 Å². The fourth-order valence-electron chi connectivity index (χ4n) is 3.87. The van der Waals surface area contributed by atoms with Gasteiger partial charge in [-0.2, -0.15) is 0 Å². The molecule has 3 rings (SSSR count). The van der Waals surface area contributed by atoms with Gasteiger partial charge in [-0.1, -0.05) is 54.1 Å². The van der Waals surface area contributed by atoms with Crippen molar-refractivity contribution in [1.29, 1.82) is 0 Å². The SMILES string of the molecule is O=C(c1ccccc1Cl)N1CC[C@@H](O)[C@](CCCc2ccccc2)(C(=O)O)C1. The first kappa shape index (κ1) is 20.4. The van der Waals surface area contributed by atoms with E-state index in [0.717, 1.165) is 12.0 Å². The first-order valence-electron chi connectivity index (χ1n) is 9.43. The highest BCUT2D eigenvalue weighted by Crippen LogP contribution is 2.37. The number of carboxylic acid groups (broad SMARTS) is 1. The molecule has 0 unspecified atom stereocenters. The maximum Gasteiger partial charge on any atom is 0.314 e. The number of hydrogen-bond donors (Lipinski definition) is 2. The number of carboxylic acids is 1. The van der Waals surface area contributed by atoms with Crippen molar-refractivity contribution in [3.8, 4) is 0 Å². The number of amides is 1. The van der Waals surface area contributed by atoms with E-state index in [1.165, 1.54) is 4.90 Å². The molecule has 2 N–H and O–H groups in total. The van der Waals surface area contributed by atoms with Crippen LogP contribution >= 0.6 is 11.6 Å². The molecule has 6 heteroatoms. The minimum atomic E-state index is -1.37. The van der Waals surface area contributed by atoms with Crippen molar-refractivity contribution in [3.63, 3.8) is 0 Å². The first-order chi connectivity index (χ1) is 13.4. The Morgan fingerprint density at radius 2 is 1.79 bits per heavy atom. The van der Waals surface area contributed by atoms with Crippen molar-refractivity contribution in [1.82, 2.24) is 4.90 Å². The van der Waals surface area contributed by atoms with E-state index < -0.39 is 17.5 Å². The summed E-state index contributed by atoms with van der Waals surface area (Å²) in [5.74, 6) is -1.36. The molecule has 1 heterocycles. The van der Waals surface area contributed by atoms with E-state index >= 15 is 0 Å². The topological polar surface area (TPSA) is 77.8 Å². The molecule has 5 nitrogen and oxygen atoms in total. The van der Waals surface area contributed by atoms with Gasteiger partial charge in [-0.15, -0.1) is 0 Å². The zero-order valence-corrected chi connectivity index (χ0v) is 16.3. The van der Waals surface area contributed by atoms with E-state index in [4.69, 9.17) is 11.6 Å². The molecule has 1 aliphatic heterocycles. The molecule has 0 saturated carbocycles. The summed E-state index contributed by atoms with van der Waals surface area (Å²) < 4.78 is 0. The van der Waals surface area contributed by atoms with Crippen LogP contribution in [0.25, 0.3) is 0 Å². The third-order valence-corrected chi connectivity index (χ3v) is 5.86. The van der Waals surface area contributed by atoms with Crippen LogP contribution in [0.15, 0.2) is 54.6 Å². The summed E-state index contributed by atoms with van der Waals surface area (Å²) in [5, 5.41) is 20.9. The van der Waals surface area contributed by atoms with Gasteiger partial charge < -0.3 is 15.1 Å². The number of hydrogen-bond acceptors (Lipinski definition) is 3. The molecule has 1 saturated heterocycles. The number of aliphatic hydroxyl groups is 1. The third kappa shape index (κ3) is 4.21. The molecule has 0 aliphatic carbocycles. The van der Waals surface area contributed by atoms with E-state index in [1.54, 1.807) is 24.3 Å². The van der Waals surface area contributed by atoms with Crippen LogP contribution in [0.5, 0.6) is 0 Å². The second kappa shape index (κ2) is 8.76. The maximum atomic E-state index is 12.9. The lowest BCUT2D eigenvalue weighted by molar-refractivity contribution is -0.162. The van der Waals surface area contributed by atoms with Gasteiger partial charge in [0.1, 0.15) is 5.41 Å². The Kier molecular flexibility index (Phi) is 6.37. The van der Waals surface area contributed by atoms with E-state index in [1.807, 2.05) is 30.3 Å². The number of halogens is 1. The van der Waals surface area contributed by atoms with Crippen LogP contribution in [0.4, 0.5) is 0 Å². The summed E-state index contributed by atoms with van der Waals surface area (Å²) in [5.41, 5.74) is 0.102. The van der Waals surface area contributed by atoms with Crippen molar-refractivity contribution in [2.75, 3.05) is 13.1 Å². The van der Waals surface area contributed by atoms with Crippen LogP contribution in [-0.2, 0) is 11.2 Å². The number of rotatable bonds is 6. The van der Waals surface area contributed by atoms with Gasteiger partial charge in [-0.05, 0) is 43.4 Å². The smallest absolute Gasteiger partial charge is 0.314 e. The molecular weight excluding hydrogens is 378 g/mol. The number of piperidine rings is 1. The van der Waals surface area contributed by atoms with Crippen LogP contribution in [0.2, 0.25) is 5.02 Å². The van der Waals surface area contributed by atoms with Crippen molar-refractivity contribution in [2.45, 2.75) is 31.8 Å². The lowest BCUT2D eigenvalue weighted by Crippen LogP contribution is -2.57. The Labute approximate surface area is 169 Å². The van der Waals surface area contributed by atoms with Gasteiger partial charge >= 0.3 is 5.97 Å². The number of carbonyl (C=O) groups excluding carboxylic acids is 1. The molecule has 1 fully saturated rings. The summed E-state index contributed by atoms with van der Waals surface area (Å²) in [6, 6.07) is 16.6. The van der Waals surface area contributed by atoms with E-state index in [9.17, 15) is 19.8 Å². The molecule has 1 aliphatic rings. The number of aryl methyl sites for hydroxylation is 1. The fraction of sp³-hybridized carbons (Fsp3) is 0.364. The van der Waals surface area contributed by atoms with Crippen LogP contribution in [0.3, 0.4) is 0 Å². The molecule has 148 valence electrons. The van der Waals surface area contributed by atoms with E-state index in [-0.39, 0.29) is 18.9 Å². The Hall–Kier alpha value is -2.37. The summed E-state index contributed by atoms with van der Waals surface area (Å²) in [7, 11) is 0. The summed E-state index contributed by atoms with van der Waals surface area (Å²) >= 11 is 6.14. The Bertz CT molecular complexity index is 841. The maximum absolute atomic E-state index is 12.9. The molecular formula is C22H24ClNO4. The number of aliphatic hydroxyl groups excluding tert-OH is 1. The summed E-state index contributed by atoms with van der Waals surface area (Å²) in [4.78, 5) is 26.6. The monoisotopic (exact) mass is 401 g/mol. The van der Waals surface area contributed by atoms with Gasteiger partial charge in [-0.25, -0.2) is 0 Å². The van der Waals surface area contributed by atoms with Gasteiger partial charge in [0.25, 0.3) is 5.91 Å². The third-order valence-electron chi connectivity index (χ3n) is 5.53. The summed E-state index contributed by atoms with van der Waals surface area (Å²) in [6.07, 6.45) is 0.872. The molecule has 0 spiro atoms. The number of carbonyl (C=O) groups is 2. The normalized spacial score (nSPS) is 22.1. The lowest BCUT2D eigenvalue weighted by atomic mass is 9.73. The Morgan fingerprint density at radius 3 is 2.46 bits per heavy atom. The first-order valence-corrected chi connectivity index (χ1v) is 9.81. The quantitative estimate of drug-likeness (QED) is 0.774. The highest BCUT2D eigenvalue weighted by atomic mass is 35.5. The minimum Gasteiger partial charge on any atom is -0.481 e. The number of benzene rings is 2. The lowest BCUT2D eigenvalue weighted by Gasteiger charge is -2.43. The summed E-state index contributed by atoms with van der Waals surface area (Å²) in [6.45, 7) is 0.279.